The quantitative estimate of drug-likeness (QED) is 0.791. The molecule has 0 radical (unpaired) electrons. The third kappa shape index (κ3) is 2.65. The number of nitrogens with one attached hydrogen (secondary N) is 2. The number of aliphatic hydroxyl groups is 1. The first-order valence-corrected chi connectivity index (χ1v) is 7.14. The van der Waals surface area contributed by atoms with Gasteiger partial charge in [-0.1, -0.05) is 12.1 Å². The largest absolute Gasteiger partial charge is 0.394 e. The van der Waals surface area contributed by atoms with Crippen molar-refractivity contribution in [3.05, 3.63) is 41.7 Å². The standard InChI is InChI=1S/C16H18N4O2/c1-16(2,9-21)20-15(22)10-7-8-17-13(10)14-18-11-5-3-4-6-12(11)19-14/h3-7,21H,8-9H2,1-2H3,(H,18,19)(H,20,22). The van der Waals surface area contributed by atoms with Gasteiger partial charge in [0.15, 0.2) is 5.82 Å². The molecule has 0 saturated heterocycles. The zero-order chi connectivity index (χ0) is 15.7. The van der Waals surface area contributed by atoms with E-state index in [4.69, 9.17) is 0 Å². The van der Waals surface area contributed by atoms with E-state index in [0.29, 0.717) is 23.7 Å². The maximum Gasteiger partial charge on any atom is 0.253 e. The Hall–Kier alpha value is -2.47. The van der Waals surface area contributed by atoms with Gasteiger partial charge in [0, 0.05) is 0 Å². The van der Waals surface area contributed by atoms with E-state index in [1.807, 2.05) is 24.3 Å². The Balaban J connectivity index is 1.88. The van der Waals surface area contributed by atoms with Crippen molar-refractivity contribution in [3.63, 3.8) is 0 Å². The number of aliphatic imine (C=N–C) groups is 1. The molecule has 6 nitrogen and oxygen atoms in total. The van der Waals surface area contributed by atoms with Crippen LogP contribution in [-0.4, -0.2) is 45.4 Å². The van der Waals surface area contributed by atoms with E-state index < -0.39 is 5.54 Å². The number of carbonyl (C=O) groups is 1. The molecule has 0 saturated carbocycles. The second-order valence-electron chi connectivity index (χ2n) is 5.91. The van der Waals surface area contributed by atoms with Gasteiger partial charge >= 0.3 is 0 Å². The minimum Gasteiger partial charge on any atom is -0.394 e. The van der Waals surface area contributed by atoms with Crippen LogP contribution in [-0.2, 0) is 4.79 Å². The van der Waals surface area contributed by atoms with E-state index in [-0.39, 0.29) is 12.5 Å². The number of aromatic amines is 1. The number of benzene rings is 1. The molecule has 0 spiro atoms. The summed E-state index contributed by atoms with van der Waals surface area (Å²) >= 11 is 0. The van der Waals surface area contributed by atoms with Gasteiger partial charge in [0.1, 0.15) is 5.71 Å². The molecule has 1 amide bonds. The van der Waals surface area contributed by atoms with E-state index in [1.54, 1.807) is 19.9 Å². The highest BCUT2D eigenvalue weighted by molar-refractivity contribution is 6.28. The van der Waals surface area contributed by atoms with Gasteiger partial charge in [-0.15, -0.1) is 0 Å². The lowest BCUT2D eigenvalue weighted by atomic mass is 10.0. The van der Waals surface area contributed by atoms with Crippen molar-refractivity contribution < 1.29 is 9.90 Å². The Morgan fingerprint density at radius 3 is 2.91 bits per heavy atom. The lowest BCUT2D eigenvalue weighted by molar-refractivity contribution is -0.119. The van der Waals surface area contributed by atoms with Crippen LogP contribution in [0.2, 0.25) is 0 Å². The number of aliphatic hydroxyl groups excluding tert-OH is 1. The fraction of sp³-hybridized carbons (Fsp3) is 0.312. The average Bonchev–Trinajstić information content (AvgIpc) is 3.12. The number of amides is 1. The Labute approximate surface area is 128 Å². The third-order valence-corrected chi connectivity index (χ3v) is 3.51. The lowest BCUT2D eigenvalue weighted by Crippen LogP contribution is -2.47. The van der Waals surface area contributed by atoms with Crippen LogP contribution in [0, 0.1) is 0 Å². The molecule has 114 valence electrons. The number of rotatable bonds is 4. The van der Waals surface area contributed by atoms with Gasteiger partial charge in [0.25, 0.3) is 5.91 Å². The van der Waals surface area contributed by atoms with Gasteiger partial charge in [-0.25, -0.2) is 4.98 Å². The number of hydrogen-bond acceptors (Lipinski definition) is 4. The van der Waals surface area contributed by atoms with Crippen LogP contribution >= 0.6 is 0 Å². The second-order valence-corrected chi connectivity index (χ2v) is 5.91. The van der Waals surface area contributed by atoms with Gasteiger partial charge in [-0.2, -0.15) is 0 Å². The summed E-state index contributed by atoms with van der Waals surface area (Å²) in [5.41, 5.74) is 2.10. The van der Waals surface area contributed by atoms with Gasteiger partial charge in [-0.05, 0) is 32.1 Å². The molecular weight excluding hydrogens is 280 g/mol. The molecule has 2 heterocycles. The summed E-state index contributed by atoms with van der Waals surface area (Å²) in [6, 6.07) is 7.67. The summed E-state index contributed by atoms with van der Waals surface area (Å²) in [5.74, 6) is 0.331. The van der Waals surface area contributed by atoms with Crippen LogP contribution in [0.25, 0.3) is 11.0 Å². The Bertz CT molecular complexity index is 753. The first-order chi connectivity index (χ1) is 10.5. The molecular formula is C16H18N4O2. The van der Waals surface area contributed by atoms with Crippen LogP contribution in [0.1, 0.15) is 19.7 Å². The van der Waals surface area contributed by atoms with Gasteiger partial charge in [0.05, 0.1) is 35.3 Å². The third-order valence-electron chi connectivity index (χ3n) is 3.51. The number of imidazole rings is 1. The van der Waals surface area contributed by atoms with E-state index in [9.17, 15) is 9.90 Å². The van der Waals surface area contributed by atoms with Gasteiger partial charge < -0.3 is 15.4 Å². The molecule has 3 N–H and O–H groups in total. The highest BCUT2D eigenvalue weighted by Gasteiger charge is 2.27. The predicted molar refractivity (Wildman–Crippen MR) is 84.9 cm³/mol. The van der Waals surface area contributed by atoms with Crippen LogP contribution in [0.4, 0.5) is 0 Å². The Kier molecular flexibility index (Phi) is 3.54. The fourth-order valence-corrected chi connectivity index (χ4v) is 2.29. The zero-order valence-corrected chi connectivity index (χ0v) is 12.6. The monoisotopic (exact) mass is 298 g/mol. The van der Waals surface area contributed by atoms with E-state index in [1.165, 1.54) is 0 Å². The van der Waals surface area contributed by atoms with Crippen molar-refractivity contribution in [1.82, 2.24) is 15.3 Å². The average molecular weight is 298 g/mol. The number of H-pyrrole nitrogens is 1. The summed E-state index contributed by atoms with van der Waals surface area (Å²) in [5, 5.41) is 12.1. The summed E-state index contributed by atoms with van der Waals surface area (Å²) in [4.78, 5) is 24.4. The van der Waals surface area contributed by atoms with Crippen molar-refractivity contribution in [2.24, 2.45) is 4.99 Å². The first kappa shape index (κ1) is 14.5. The minimum absolute atomic E-state index is 0.136. The number of aromatic nitrogens is 2. The maximum absolute atomic E-state index is 12.4. The maximum atomic E-state index is 12.4. The number of hydrogen-bond donors (Lipinski definition) is 3. The van der Waals surface area contributed by atoms with Crippen LogP contribution in [0.5, 0.6) is 0 Å². The Morgan fingerprint density at radius 1 is 1.41 bits per heavy atom. The summed E-state index contributed by atoms with van der Waals surface area (Å²) in [6.45, 7) is 3.84. The molecule has 3 rings (SSSR count). The van der Waals surface area contributed by atoms with Crippen molar-refractivity contribution in [3.8, 4) is 0 Å². The molecule has 22 heavy (non-hydrogen) atoms. The van der Waals surface area contributed by atoms with Crippen molar-refractivity contribution in [1.29, 1.82) is 0 Å². The fourth-order valence-electron chi connectivity index (χ4n) is 2.29. The molecule has 1 aliphatic rings. The normalized spacial score (nSPS) is 14.9. The van der Waals surface area contributed by atoms with E-state index in [0.717, 1.165) is 11.0 Å². The van der Waals surface area contributed by atoms with Crippen LogP contribution < -0.4 is 5.32 Å². The molecule has 0 atom stereocenters. The molecule has 0 aliphatic carbocycles. The molecule has 1 aromatic heterocycles. The number of carbonyl (C=O) groups excluding carboxylic acids is 1. The molecule has 2 aromatic rings. The van der Waals surface area contributed by atoms with Gasteiger partial charge in [-0.3, -0.25) is 9.79 Å². The highest BCUT2D eigenvalue weighted by atomic mass is 16.3. The second kappa shape index (κ2) is 5.38. The van der Waals surface area contributed by atoms with Crippen LogP contribution in [0.15, 0.2) is 40.9 Å². The minimum atomic E-state index is -0.681. The summed E-state index contributed by atoms with van der Waals surface area (Å²) in [6.07, 6.45) is 1.77. The smallest absolute Gasteiger partial charge is 0.253 e. The summed E-state index contributed by atoms with van der Waals surface area (Å²) in [7, 11) is 0. The molecule has 0 fully saturated rings. The first-order valence-electron chi connectivity index (χ1n) is 7.14. The number of fused-ring (bicyclic) bond motifs is 1. The zero-order valence-electron chi connectivity index (χ0n) is 12.6. The predicted octanol–water partition coefficient (Wildman–Crippen LogP) is 1.18. The molecule has 6 heteroatoms. The van der Waals surface area contributed by atoms with Crippen molar-refractivity contribution in [2.75, 3.05) is 13.2 Å². The Morgan fingerprint density at radius 2 is 2.18 bits per heavy atom. The molecule has 1 aromatic carbocycles. The number of para-hydroxylation sites is 2. The SMILES string of the molecule is CC(C)(CO)NC(=O)C1=CCN=C1c1nc2ccccc2[nH]1. The van der Waals surface area contributed by atoms with E-state index >= 15 is 0 Å². The van der Waals surface area contributed by atoms with Gasteiger partial charge in [0.2, 0.25) is 0 Å². The van der Waals surface area contributed by atoms with E-state index in [2.05, 4.69) is 20.3 Å². The highest BCUT2D eigenvalue weighted by Crippen LogP contribution is 2.18. The molecule has 0 bridgehead atoms. The number of nitrogens with zero attached hydrogens (tertiary/aromatic N) is 2. The molecule has 0 unspecified atom stereocenters. The molecule has 1 aliphatic heterocycles. The van der Waals surface area contributed by atoms with Crippen molar-refractivity contribution >= 4 is 22.7 Å². The van der Waals surface area contributed by atoms with Crippen molar-refractivity contribution in [2.45, 2.75) is 19.4 Å². The summed E-state index contributed by atoms with van der Waals surface area (Å²) < 4.78 is 0. The lowest BCUT2D eigenvalue weighted by Gasteiger charge is -2.23. The van der Waals surface area contributed by atoms with Crippen LogP contribution in [0.3, 0.4) is 0 Å². The topological polar surface area (TPSA) is 90.4 Å².